The Morgan fingerprint density at radius 3 is 2.48 bits per heavy atom. The van der Waals surface area contributed by atoms with Crippen LogP contribution in [0.4, 0.5) is 0 Å². The topological polar surface area (TPSA) is 26.3 Å². The van der Waals surface area contributed by atoms with Gasteiger partial charge in [-0.25, -0.2) is 4.79 Å². The summed E-state index contributed by atoms with van der Waals surface area (Å²) >= 11 is 0. The maximum absolute atomic E-state index is 12.2. The largest absolute Gasteiger partial charge is 0.455 e. The van der Waals surface area contributed by atoms with Gasteiger partial charge in [0.05, 0.1) is 0 Å². The van der Waals surface area contributed by atoms with Gasteiger partial charge >= 0.3 is 5.97 Å². The summed E-state index contributed by atoms with van der Waals surface area (Å²) in [6, 6.07) is 0. The van der Waals surface area contributed by atoms with E-state index in [0.717, 1.165) is 18.3 Å². The molecule has 2 nitrogen and oxygen atoms in total. The van der Waals surface area contributed by atoms with Crippen molar-refractivity contribution in [3.05, 3.63) is 12.2 Å². The van der Waals surface area contributed by atoms with Crippen LogP contribution in [0.5, 0.6) is 0 Å². The van der Waals surface area contributed by atoms with Crippen molar-refractivity contribution in [3.63, 3.8) is 0 Å². The first-order valence-electron chi connectivity index (χ1n) is 8.53. The molecule has 118 valence electrons. The van der Waals surface area contributed by atoms with Gasteiger partial charge in [0, 0.05) is 11.0 Å². The van der Waals surface area contributed by atoms with Gasteiger partial charge in [-0.15, -0.1) is 0 Å². The van der Waals surface area contributed by atoms with Crippen molar-refractivity contribution in [2.75, 3.05) is 0 Å². The van der Waals surface area contributed by atoms with Gasteiger partial charge < -0.3 is 4.74 Å². The zero-order valence-electron chi connectivity index (χ0n) is 14.3. The van der Waals surface area contributed by atoms with Crippen molar-refractivity contribution in [1.29, 1.82) is 0 Å². The molecule has 0 aliphatic heterocycles. The molecule has 0 amide bonds. The van der Waals surface area contributed by atoms with E-state index < -0.39 is 0 Å². The normalized spacial score (nSPS) is 47.0. The van der Waals surface area contributed by atoms with Crippen LogP contribution in [0.1, 0.15) is 66.7 Å². The highest BCUT2D eigenvalue weighted by Gasteiger charge is 2.71. The molecule has 21 heavy (non-hydrogen) atoms. The van der Waals surface area contributed by atoms with Crippen LogP contribution in [-0.4, -0.2) is 11.6 Å². The third kappa shape index (κ3) is 1.80. The molecule has 0 heterocycles. The lowest BCUT2D eigenvalue weighted by atomic mass is 9.63. The van der Waals surface area contributed by atoms with Crippen LogP contribution in [0.15, 0.2) is 12.2 Å². The molecule has 0 unspecified atom stereocenters. The number of hydrogen-bond donors (Lipinski definition) is 0. The highest BCUT2D eigenvalue weighted by Crippen LogP contribution is 2.74. The molecule has 2 heteroatoms. The molecule has 2 bridgehead atoms. The summed E-state index contributed by atoms with van der Waals surface area (Å²) in [7, 11) is 0. The van der Waals surface area contributed by atoms with Crippen LogP contribution in [0, 0.1) is 28.6 Å². The van der Waals surface area contributed by atoms with E-state index in [0.29, 0.717) is 16.9 Å². The minimum atomic E-state index is -0.292. The zero-order valence-corrected chi connectivity index (χ0v) is 14.3. The van der Waals surface area contributed by atoms with Crippen LogP contribution in [-0.2, 0) is 9.53 Å². The third-order valence-electron chi connectivity index (χ3n) is 7.47. The lowest BCUT2D eigenvalue weighted by molar-refractivity contribution is -0.170. The van der Waals surface area contributed by atoms with Crippen molar-refractivity contribution in [1.82, 2.24) is 0 Å². The van der Waals surface area contributed by atoms with E-state index in [9.17, 15) is 4.79 Å². The monoisotopic (exact) mass is 290 g/mol. The summed E-state index contributed by atoms with van der Waals surface area (Å²) in [5.74, 6) is 2.08. The Balaban J connectivity index is 1.97. The maximum atomic E-state index is 12.2. The zero-order chi connectivity index (χ0) is 15.6. The van der Waals surface area contributed by atoms with Crippen LogP contribution >= 0.6 is 0 Å². The molecule has 3 saturated carbocycles. The van der Waals surface area contributed by atoms with Crippen molar-refractivity contribution in [3.8, 4) is 0 Å². The van der Waals surface area contributed by atoms with E-state index in [1.807, 2.05) is 0 Å². The highest BCUT2D eigenvalue weighted by molar-refractivity contribution is 5.87. The number of ether oxygens (including phenoxy) is 1. The number of carbonyl (C=O) groups is 1. The number of fused-ring (bicyclic) bond motifs is 1. The highest BCUT2D eigenvalue weighted by atomic mass is 16.6. The molecule has 0 N–H and O–H groups in total. The summed E-state index contributed by atoms with van der Waals surface area (Å²) in [6.07, 6.45) is 5.97. The lowest BCUT2D eigenvalue weighted by Crippen LogP contribution is -2.48. The molecule has 3 aliphatic rings. The van der Waals surface area contributed by atoms with Gasteiger partial charge in [-0.3, -0.25) is 0 Å². The van der Waals surface area contributed by atoms with Crippen molar-refractivity contribution >= 4 is 5.97 Å². The lowest BCUT2D eigenvalue weighted by Gasteiger charge is -2.46. The quantitative estimate of drug-likeness (QED) is 0.542. The fourth-order valence-corrected chi connectivity index (χ4v) is 6.28. The van der Waals surface area contributed by atoms with Gasteiger partial charge in [-0.05, 0) is 69.1 Å². The van der Waals surface area contributed by atoms with Crippen LogP contribution in [0.2, 0.25) is 0 Å². The molecule has 3 fully saturated rings. The fourth-order valence-electron chi connectivity index (χ4n) is 6.28. The first-order chi connectivity index (χ1) is 9.64. The van der Waals surface area contributed by atoms with Crippen LogP contribution < -0.4 is 0 Å². The molecule has 5 atom stereocenters. The predicted octanol–water partition coefficient (Wildman–Crippen LogP) is 4.74. The van der Waals surface area contributed by atoms with Gasteiger partial charge in [0.1, 0.15) is 5.60 Å². The van der Waals surface area contributed by atoms with Crippen LogP contribution in [0.3, 0.4) is 0 Å². The Bertz CT molecular complexity index is 492. The van der Waals surface area contributed by atoms with Gasteiger partial charge in [0.15, 0.2) is 0 Å². The average molecular weight is 290 g/mol. The summed E-state index contributed by atoms with van der Waals surface area (Å²) in [5.41, 5.74) is 0.816. The van der Waals surface area contributed by atoms with Gasteiger partial charge in [-0.2, -0.15) is 0 Å². The minimum absolute atomic E-state index is 0.201. The first-order valence-corrected chi connectivity index (χ1v) is 8.53. The molecule has 3 aliphatic carbocycles. The van der Waals surface area contributed by atoms with Gasteiger partial charge in [0.25, 0.3) is 0 Å². The maximum Gasteiger partial charge on any atom is 0.333 e. The van der Waals surface area contributed by atoms with Crippen molar-refractivity contribution < 1.29 is 9.53 Å². The number of rotatable bonds is 2. The molecule has 0 saturated heterocycles. The van der Waals surface area contributed by atoms with E-state index >= 15 is 0 Å². The van der Waals surface area contributed by atoms with E-state index in [1.54, 1.807) is 6.92 Å². The van der Waals surface area contributed by atoms with E-state index in [4.69, 9.17) is 4.74 Å². The Kier molecular flexibility index (Phi) is 3.14. The Labute approximate surface area is 129 Å². The van der Waals surface area contributed by atoms with E-state index in [1.165, 1.54) is 25.7 Å². The second-order valence-electron chi connectivity index (χ2n) is 8.80. The van der Waals surface area contributed by atoms with Crippen molar-refractivity contribution in [2.24, 2.45) is 28.6 Å². The molecule has 1 spiro atoms. The Hall–Kier alpha value is -0.790. The summed E-state index contributed by atoms with van der Waals surface area (Å²) < 4.78 is 6.04. The molecule has 0 aromatic carbocycles. The van der Waals surface area contributed by atoms with Crippen LogP contribution in [0.25, 0.3) is 0 Å². The Morgan fingerprint density at radius 1 is 1.19 bits per heavy atom. The molecular formula is C19H30O2. The molecule has 0 radical (unpaired) electrons. The fraction of sp³-hybridized carbons (Fsp3) is 0.842. The minimum Gasteiger partial charge on any atom is -0.455 e. The van der Waals surface area contributed by atoms with E-state index in [-0.39, 0.29) is 17.0 Å². The molecular weight excluding hydrogens is 260 g/mol. The number of esters is 1. The average Bonchev–Trinajstić information content (AvgIpc) is 2.76. The summed E-state index contributed by atoms with van der Waals surface area (Å²) in [6.45, 7) is 15.0. The second kappa shape index (κ2) is 4.36. The molecule has 3 rings (SSSR count). The standard InChI is InChI=1S/C19H30O2/c1-12(2)16(20)21-18(6)9-8-15-17(4,5)14-11-19(15,18)10-7-13(14)3/h13-15H,1,7-11H2,2-6H3/t13-,14-,15+,18-,19+/m1/s1. The Morgan fingerprint density at radius 2 is 1.86 bits per heavy atom. The number of hydrogen-bond acceptors (Lipinski definition) is 2. The summed E-state index contributed by atoms with van der Waals surface area (Å²) in [4.78, 5) is 12.2. The van der Waals surface area contributed by atoms with Crippen molar-refractivity contribution in [2.45, 2.75) is 72.3 Å². The first kappa shape index (κ1) is 15.1. The second-order valence-corrected chi connectivity index (χ2v) is 8.80. The predicted molar refractivity (Wildman–Crippen MR) is 84.8 cm³/mol. The van der Waals surface area contributed by atoms with Gasteiger partial charge in [0.2, 0.25) is 0 Å². The SMILES string of the molecule is C=C(C)C(=O)O[C@]1(C)CC[C@H]2C(C)(C)[C@@H]3C[C@@]21CC[C@H]3C. The van der Waals surface area contributed by atoms with E-state index in [2.05, 4.69) is 34.3 Å². The molecule has 0 aromatic heterocycles. The molecule has 0 aromatic rings. The third-order valence-corrected chi connectivity index (χ3v) is 7.47. The summed E-state index contributed by atoms with van der Waals surface area (Å²) in [5, 5.41) is 0. The van der Waals surface area contributed by atoms with Gasteiger partial charge in [-0.1, -0.05) is 27.4 Å². The number of carbonyl (C=O) groups excluding carboxylic acids is 1. The smallest absolute Gasteiger partial charge is 0.333 e.